The molecule has 2 heterocycles. The van der Waals surface area contributed by atoms with Crippen LogP contribution in [0.1, 0.15) is 31.3 Å². The highest BCUT2D eigenvalue weighted by molar-refractivity contribution is 5.14. The molecule has 78 valence electrons. The van der Waals surface area contributed by atoms with E-state index in [2.05, 4.69) is 0 Å². The lowest BCUT2D eigenvalue weighted by atomic mass is 9.99. The molecule has 14 heavy (non-hydrogen) atoms. The van der Waals surface area contributed by atoms with Gasteiger partial charge in [0.15, 0.2) is 0 Å². The summed E-state index contributed by atoms with van der Waals surface area (Å²) in [7, 11) is 0. The minimum absolute atomic E-state index is 0.0367. The van der Waals surface area contributed by atoms with Crippen LogP contribution in [-0.2, 0) is 10.3 Å². The first-order valence-electron chi connectivity index (χ1n) is 5.00. The van der Waals surface area contributed by atoms with Crippen molar-refractivity contribution in [2.45, 2.75) is 38.4 Å². The Kier molecular flexibility index (Phi) is 2.37. The van der Waals surface area contributed by atoms with Gasteiger partial charge in [0.2, 0.25) is 0 Å². The Bertz CT molecular complexity index is 318. The normalized spacial score (nSPS) is 32.4. The van der Waals surface area contributed by atoms with Crippen LogP contribution in [0.15, 0.2) is 16.5 Å². The molecule has 2 unspecified atom stereocenters. The molecular formula is C11H16O3. The summed E-state index contributed by atoms with van der Waals surface area (Å²) in [5.41, 5.74) is -0.346. The molecule has 1 N–H and O–H groups in total. The lowest BCUT2D eigenvalue weighted by Crippen LogP contribution is -2.23. The van der Waals surface area contributed by atoms with E-state index in [1.54, 1.807) is 0 Å². The molecule has 0 aliphatic carbocycles. The van der Waals surface area contributed by atoms with Crippen LogP contribution in [0, 0.1) is 6.92 Å². The van der Waals surface area contributed by atoms with Gasteiger partial charge in [-0.05, 0) is 38.8 Å². The third-order valence-electron chi connectivity index (χ3n) is 2.84. The predicted octanol–water partition coefficient (Wildman–Crippen LogP) is 1.97. The summed E-state index contributed by atoms with van der Waals surface area (Å²) in [6, 6.07) is 3.89. The molecule has 0 bridgehead atoms. The minimum Gasteiger partial charge on any atom is -0.463 e. The summed E-state index contributed by atoms with van der Waals surface area (Å²) >= 11 is 0. The van der Waals surface area contributed by atoms with Crippen molar-refractivity contribution in [2.75, 3.05) is 6.61 Å². The average Bonchev–Trinajstić information content (AvgIpc) is 2.73. The molecule has 1 aliphatic rings. The average molecular weight is 196 g/mol. The topological polar surface area (TPSA) is 42.6 Å². The summed E-state index contributed by atoms with van der Waals surface area (Å²) in [4.78, 5) is 0. The van der Waals surface area contributed by atoms with Crippen molar-refractivity contribution in [2.24, 2.45) is 0 Å². The summed E-state index contributed by atoms with van der Waals surface area (Å²) in [5, 5.41) is 8.99. The SMILES string of the molecule is Cc1ccc(C2(C)CCC(CO)O2)o1. The first kappa shape index (κ1) is 9.74. The van der Waals surface area contributed by atoms with Gasteiger partial charge in [0.25, 0.3) is 0 Å². The Hall–Kier alpha value is -0.800. The number of ether oxygens (including phenoxy) is 1. The van der Waals surface area contributed by atoms with E-state index in [4.69, 9.17) is 14.3 Å². The highest BCUT2D eigenvalue weighted by atomic mass is 16.5. The van der Waals surface area contributed by atoms with Gasteiger partial charge in [-0.3, -0.25) is 0 Å². The predicted molar refractivity (Wildman–Crippen MR) is 52.0 cm³/mol. The summed E-state index contributed by atoms with van der Waals surface area (Å²) in [6.45, 7) is 4.03. The second-order valence-electron chi connectivity index (χ2n) is 4.10. The van der Waals surface area contributed by atoms with Crippen molar-refractivity contribution in [1.29, 1.82) is 0 Å². The van der Waals surface area contributed by atoms with Gasteiger partial charge in [0.1, 0.15) is 17.1 Å². The summed E-state index contributed by atoms with van der Waals surface area (Å²) in [6.07, 6.45) is 1.77. The molecule has 2 atom stereocenters. The van der Waals surface area contributed by atoms with Gasteiger partial charge in [-0.1, -0.05) is 0 Å². The van der Waals surface area contributed by atoms with Crippen LogP contribution in [0.4, 0.5) is 0 Å². The van der Waals surface area contributed by atoms with E-state index in [9.17, 15) is 0 Å². The zero-order valence-corrected chi connectivity index (χ0v) is 8.62. The standard InChI is InChI=1S/C11H16O3/c1-8-3-4-10(13-8)11(2)6-5-9(7-12)14-11/h3-4,9,12H,5-7H2,1-2H3. The summed E-state index contributed by atoms with van der Waals surface area (Å²) in [5.74, 6) is 1.77. The van der Waals surface area contributed by atoms with Crippen molar-refractivity contribution in [1.82, 2.24) is 0 Å². The molecule has 2 rings (SSSR count). The molecular weight excluding hydrogens is 180 g/mol. The van der Waals surface area contributed by atoms with E-state index in [0.717, 1.165) is 24.4 Å². The monoisotopic (exact) mass is 196 g/mol. The number of aliphatic hydroxyl groups is 1. The third kappa shape index (κ3) is 1.57. The first-order chi connectivity index (χ1) is 6.64. The quantitative estimate of drug-likeness (QED) is 0.786. The van der Waals surface area contributed by atoms with Gasteiger partial charge in [0, 0.05) is 0 Å². The number of hydrogen-bond donors (Lipinski definition) is 1. The maximum Gasteiger partial charge on any atom is 0.135 e. The molecule has 0 radical (unpaired) electrons. The van der Waals surface area contributed by atoms with Crippen molar-refractivity contribution in [3.63, 3.8) is 0 Å². The lowest BCUT2D eigenvalue weighted by Gasteiger charge is -2.21. The Labute approximate surface area is 83.7 Å². The fourth-order valence-corrected chi connectivity index (χ4v) is 1.95. The van der Waals surface area contributed by atoms with Gasteiger partial charge in [0.05, 0.1) is 12.7 Å². The van der Waals surface area contributed by atoms with E-state index in [1.807, 2.05) is 26.0 Å². The maximum atomic E-state index is 8.99. The highest BCUT2D eigenvalue weighted by Crippen LogP contribution is 2.39. The second kappa shape index (κ2) is 3.41. The number of aliphatic hydroxyl groups excluding tert-OH is 1. The molecule has 0 amide bonds. The van der Waals surface area contributed by atoms with Crippen molar-refractivity contribution < 1.29 is 14.3 Å². The van der Waals surface area contributed by atoms with E-state index in [0.29, 0.717) is 0 Å². The molecule has 1 aromatic heterocycles. The Balaban J connectivity index is 2.18. The van der Waals surface area contributed by atoms with Crippen LogP contribution in [0.5, 0.6) is 0 Å². The molecule has 0 spiro atoms. The van der Waals surface area contributed by atoms with E-state index < -0.39 is 0 Å². The second-order valence-corrected chi connectivity index (χ2v) is 4.10. The molecule has 3 heteroatoms. The van der Waals surface area contributed by atoms with Gasteiger partial charge in [-0.25, -0.2) is 0 Å². The molecule has 1 aromatic rings. The Morgan fingerprint density at radius 1 is 1.57 bits per heavy atom. The van der Waals surface area contributed by atoms with E-state index in [-0.39, 0.29) is 18.3 Å². The highest BCUT2D eigenvalue weighted by Gasteiger charge is 2.39. The molecule has 1 aliphatic heterocycles. The van der Waals surface area contributed by atoms with Crippen LogP contribution in [0.3, 0.4) is 0 Å². The van der Waals surface area contributed by atoms with Crippen LogP contribution in [-0.4, -0.2) is 17.8 Å². The molecule has 1 fully saturated rings. The smallest absolute Gasteiger partial charge is 0.135 e. The molecule has 0 saturated carbocycles. The van der Waals surface area contributed by atoms with Crippen molar-refractivity contribution in [3.8, 4) is 0 Å². The van der Waals surface area contributed by atoms with Gasteiger partial charge in [-0.15, -0.1) is 0 Å². The molecule has 0 aromatic carbocycles. The zero-order valence-electron chi connectivity index (χ0n) is 8.62. The number of hydrogen-bond acceptors (Lipinski definition) is 3. The number of aryl methyl sites for hydroxylation is 1. The fourth-order valence-electron chi connectivity index (χ4n) is 1.95. The number of furan rings is 1. The van der Waals surface area contributed by atoms with Crippen LogP contribution >= 0.6 is 0 Å². The summed E-state index contributed by atoms with van der Waals surface area (Å²) < 4.78 is 11.3. The number of rotatable bonds is 2. The molecule has 3 nitrogen and oxygen atoms in total. The zero-order chi connectivity index (χ0) is 10.2. The minimum atomic E-state index is -0.346. The fraction of sp³-hybridized carbons (Fsp3) is 0.636. The third-order valence-corrected chi connectivity index (χ3v) is 2.84. The largest absolute Gasteiger partial charge is 0.463 e. The lowest BCUT2D eigenvalue weighted by molar-refractivity contribution is -0.0634. The van der Waals surface area contributed by atoms with E-state index >= 15 is 0 Å². The Morgan fingerprint density at radius 2 is 2.36 bits per heavy atom. The maximum absolute atomic E-state index is 8.99. The van der Waals surface area contributed by atoms with E-state index in [1.165, 1.54) is 0 Å². The van der Waals surface area contributed by atoms with Gasteiger partial charge >= 0.3 is 0 Å². The first-order valence-corrected chi connectivity index (χ1v) is 5.00. The van der Waals surface area contributed by atoms with Crippen molar-refractivity contribution in [3.05, 3.63) is 23.7 Å². The van der Waals surface area contributed by atoms with Crippen LogP contribution < -0.4 is 0 Å². The van der Waals surface area contributed by atoms with Gasteiger partial charge in [-0.2, -0.15) is 0 Å². The molecule has 1 saturated heterocycles. The van der Waals surface area contributed by atoms with Crippen LogP contribution in [0.2, 0.25) is 0 Å². The van der Waals surface area contributed by atoms with Gasteiger partial charge < -0.3 is 14.3 Å². The van der Waals surface area contributed by atoms with Crippen LogP contribution in [0.25, 0.3) is 0 Å². The van der Waals surface area contributed by atoms with Crippen molar-refractivity contribution >= 4 is 0 Å². The Morgan fingerprint density at radius 3 is 2.86 bits per heavy atom.